The number of aliphatic hydroxyl groups excluding tert-OH is 1. The number of carboxylic acids is 1. The Labute approximate surface area is 105 Å². The first kappa shape index (κ1) is 14.0. The molecule has 6 heteroatoms. The van der Waals surface area contributed by atoms with Crippen LogP contribution in [0.4, 0.5) is 5.69 Å². The van der Waals surface area contributed by atoms with Crippen LogP contribution in [0.25, 0.3) is 0 Å². The predicted octanol–water partition coefficient (Wildman–Crippen LogP) is 0.294. The van der Waals surface area contributed by atoms with E-state index in [9.17, 15) is 9.59 Å². The number of aliphatic carboxylic acids is 1. The molecule has 0 aliphatic rings. The number of hydrogen-bond donors (Lipinski definition) is 4. The molecule has 1 atom stereocenters. The molecule has 0 radical (unpaired) electrons. The third-order valence-corrected chi connectivity index (χ3v) is 2.30. The van der Waals surface area contributed by atoms with Crippen molar-refractivity contribution in [3.63, 3.8) is 0 Å². The van der Waals surface area contributed by atoms with Crippen LogP contribution in [-0.2, 0) is 4.79 Å². The quantitative estimate of drug-likeness (QED) is 0.583. The second-order valence-electron chi connectivity index (χ2n) is 3.76. The first-order valence-electron chi connectivity index (χ1n) is 5.53. The molecule has 0 saturated carbocycles. The molecule has 1 aromatic carbocycles. The van der Waals surface area contributed by atoms with Gasteiger partial charge >= 0.3 is 5.97 Å². The Hall–Kier alpha value is -2.08. The number of amides is 1. The fourth-order valence-corrected chi connectivity index (χ4v) is 1.30. The van der Waals surface area contributed by atoms with Gasteiger partial charge in [0.15, 0.2) is 0 Å². The smallest absolute Gasteiger partial charge is 0.325 e. The molecule has 0 saturated heterocycles. The Morgan fingerprint density at radius 3 is 2.39 bits per heavy atom. The Kier molecular flexibility index (Phi) is 5.13. The average molecular weight is 252 g/mol. The maximum Gasteiger partial charge on any atom is 0.325 e. The van der Waals surface area contributed by atoms with Gasteiger partial charge in [0.05, 0.1) is 6.61 Å². The fourth-order valence-electron chi connectivity index (χ4n) is 1.30. The van der Waals surface area contributed by atoms with Gasteiger partial charge in [-0.2, -0.15) is 0 Å². The lowest BCUT2D eigenvalue weighted by molar-refractivity contribution is -0.137. The molecular weight excluding hydrogens is 236 g/mol. The van der Waals surface area contributed by atoms with Crippen molar-refractivity contribution in [2.24, 2.45) is 0 Å². The summed E-state index contributed by atoms with van der Waals surface area (Å²) in [7, 11) is 0. The highest BCUT2D eigenvalue weighted by atomic mass is 16.4. The van der Waals surface area contributed by atoms with Crippen LogP contribution >= 0.6 is 0 Å². The van der Waals surface area contributed by atoms with E-state index < -0.39 is 12.0 Å². The number of hydrogen-bond acceptors (Lipinski definition) is 4. The van der Waals surface area contributed by atoms with Gasteiger partial charge in [0, 0.05) is 17.8 Å². The largest absolute Gasteiger partial charge is 0.480 e. The zero-order chi connectivity index (χ0) is 13.5. The fraction of sp³-hybridized carbons (Fsp3) is 0.333. The Bertz CT molecular complexity index is 417. The lowest BCUT2D eigenvalue weighted by Crippen LogP contribution is -2.27. The molecule has 18 heavy (non-hydrogen) atoms. The Morgan fingerprint density at radius 1 is 1.28 bits per heavy atom. The van der Waals surface area contributed by atoms with Crippen molar-refractivity contribution in [1.29, 1.82) is 0 Å². The molecule has 0 spiro atoms. The number of carbonyl (C=O) groups excluding carboxylic acids is 1. The zero-order valence-corrected chi connectivity index (χ0v) is 10.0. The summed E-state index contributed by atoms with van der Waals surface area (Å²) in [5.41, 5.74) is 1.08. The van der Waals surface area contributed by atoms with Crippen LogP contribution < -0.4 is 10.6 Å². The third-order valence-electron chi connectivity index (χ3n) is 2.30. The molecule has 1 aromatic rings. The van der Waals surface area contributed by atoms with Crippen molar-refractivity contribution in [3.8, 4) is 0 Å². The molecule has 0 fully saturated rings. The average Bonchev–Trinajstić information content (AvgIpc) is 2.36. The van der Waals surface area contributed by atoms with E-state index in [0.717, 1.165) is 0 Å². The van der Waals surface area contributed by atoms with Crippen LogP contribution in [0.1, 0.15) is 17.3 Å². The van der Waals surface area contributed by atoms with E-state index in [1.54, 1.807) is 24.3 Å². The van der Waals surface area contributed by atoms with E-state index in [1.807, 2.05) is 0 Å². The highest BCUT2D eigenvalue weighted by Gasteiger charge is 2.10. The molecule has 0 aliphatic heterocycles. The van der Waals surface area contributed by atoms with E-state index >= 15 is 0 Å². The van der Waals surface area contributed by atoms with Gasteiger partial charge in [-0.05, 0) is 31.2 Å². The van der Waals surface area contributed by atoms with Crippen molar-refractivity contribution >= 4 is 17.6 Å². The molecular formula is C12H16N2O4. The molecule has 0 bridgehead atoms. The zero-order valence-electron chi connectivity index (χ0n) is 10.0. The Balaban J connectivity index is 2.62. The monoisotopic (exact) mass is 252 g/mol. The summed E-state index contributed by atoms with van der Waals surface area (Å²) < 4.78 is 0. The highest BCUT2D eigenvalue weighted by Crippen LogP contribution is 2.10. The normalized spacial score (nSPS) is 11.7. The number of benzene rings is 1. The molecule has 98 valence electrons. The van der Waals surface area contributed by atoms with Gasteiger partial charge in [-0.1, -0.05) is 0 Å². The van der Waals surface area contributed by atoms with E-state index in [2.05, 4.69) is 10.6 Å². The number of rotatable bonds is 6. The molecule has 4 N–H and O–H groups in total. The second kappa shape index (κ2) is 6.61. The van der Waals surface area contributed by atoms with Crippen molar-refractivity contribution in [1.82, 2.24) is 5.32 Å². The van der Waals surface area contributed by atoms with Gasteiger partial charge in [0.25, 0.3) is 5.91 Å². The number of carbonyl (C=O) groups is 2. The minimum Gasteiger partial charge on any atom is -0.480 e. The summed E-state index contributed by atoms with van der Waals surface area (Å²) in [6.45, 7) is 1.63. The summed E-state index contributed by atoms with van der Waals surface area (Å²) in [5.74, 6) is -1.22. The standard InChI is InChI=1S/C12H16N2O4/c1-8(12(17)18)14-10-4-2-9(3-5-10)11(16)13-6-7-15/h2-5,8,14-15H,6-7H2,1H3,(H,13,16)(H,17,18). The second-order valence-corrected chi connectivity index (χ2v) is 3.76. The van der Waals surface area contributed by atoms with Crippen LogP contribution in [0.15, 0.2) is 24.3 Å². The number of aliphatic hydroxyl groups is 1. The minimum absolute atomic E-state index is 0.110. The van der Waals surface area contributed by atoms with Gasteiger partial charge in [-0.25, -0.2) is 0 Å². The number of anilines is 1. The predicted molar refractivity (Wildman–Crippen MR) is 66.6 cm³/mol. The molecule has 1 unspecified atom stereocenters. The lowest BCUT2D eigenvalue weighted by Gasteiger charge is -2.11. The van der Waals surface area contributed by atoms with Crippen molar-refractivity contribution in [2.75, 3.05) is 18.5 Å². The van der Waals surface area contributed by atoms with Crippen molar-refractivity contribution in [2.45, 2.75) is 13.0 Å². The summed E-state index contributed by atoms with van der Waals surface area (Å²) in [4.78, 5) is 22.2. The lowest BCUT2D eigenvalue weighted by atomic mass is 10.2. The topological polar surface area (TPSA) is 98.7 Å². The van der Waals surface area contributed by atoms with Crippen molar-refractivity contribution < 1.29 is 19.8 Å². The molecule has 1 amide bonds. The van der Waals surface area contributed by atoms with E-state index in [1.165, 1.54) is 6.92 Å². The maximum absolute atomic E-state index is 11.5. The molecule has 0 aliphatic carbocycles. The maximum atomic E-state index is 11.5. The summed E-state index contributed by atoms with van der Waals surface area (Å²) >= 11 is 0. The van der Waals surface area contributed by atoms with Gasteiger partial charge in [0.2, 0.25) is 0 Å². The van der Waals surface area contributed by atoms with Gasteiger partial charge in [-0.15, -0.1) is 0 Å². The van der Waals surface area contributed by atoms with Gasteiger partial charge < -0.3 is 20.8 Å². The highest BCUT2D eigenvalue weighted by molar-refractivity contribution is 5.94. The third kappa shape index (κ3) is 4.06. The van der Waals surface area contributed by atoms with E-state index in [-0.39, 0.29) is 19.1 Å². The van der Waals surface area contributed by atoms with E-state index in [4.69, 9.17) is 10.2 Å². The van der Waals surface area contributed by atoms with Crippen LogP contribution in [0.5, 0.6) is 0 Å². The Morgan fingerprint density at radius 2 is 1.89 bits per heavy atom. The summed E-state index contributed by atoms with van der Waals surface area (Å²) in [6.07, 6.45) is 0. The van der Waals surface area contributed by atoms with Gasteiger partial charge in [-0.3, -0.25) is 9.59 Å². The number of nitrogens with one attached hydrogen (secondary N) is 2. The first-order valence-corrected chi connectivity index (χ1v) is 5.53. The van der Waals surface area contributed by atoms with Crippen LogP contribution in [0, 0.1) is 0 Å². The SMILES string of the molecule is CC(Nc1ccc(C(=O)NCCO)cc1)C(=O)O. The van der Waals surface area contributed by atoms with Crippen LogP contribution in [-0.4, -0.2) is 41.3 Å². The summed E-state index contributed by atoms with van der Waals surface area (Å²) in [6, 6.07) is 5.74. The molecule has 1 rings (SSSR count). The summed E-state index contributed by atoms with van der Waals surface area (Å²) in [5, 5.41) is 22.6. The minimum atomic E-state index is -0.945. The van der Waals surface area contributed by atoms with Crippen LogP contribution in [0.3, 0.4) is 0 Å². The molecule has 0 aromatic heterocycles. The first-order chi connectivity index (χ1) is 8.54. The van der Waals surface area contributed by atoms with Crippen LogP contribution in [0.2, 0.25) is 0 Å². The van der Waals surface area contributed by atoms with E-state index in [0.29, 0.717) is 11.3 Å². The van der Waals surface area contributed by atoms with Gasteiger partial charge in [0.1, 0.15) is 6.04 Å². The molecule has 6 nitrogen and oxygen atoms in total. The van der Waals surface area contributed by atoms with Crippen molar-refractivity contribution in [3.05, 3.63) is 29.8 Å². The number of carboxylic acid groups (broad SMARTS) is 1. The molecule has 0 heterocycles.